The molecule has 4 nitrogen and oxygen atoms in total. The molecular weight excluding hydrogens is 327 g/mol. The molecule has 1 N–H and O–H groups in total. The zero-order chi connectivity index (χ0) is 16.9. The molecule has 1 aliphatic rings. The highest BCUT2D eigenvalue weighted by Gasteiger charge is 2.28. The number of halogens is 1. The summed E-state index contributed by atoms with van der Waals surface area (Å²) in [5, 5.41) is 3.89. The van der Waals surface area contributed by atoms with Crippen LogP contribution in [0.4, 0.5) is 4.39 Å². The van der Waals surface area contributed by atoms with Gasteiger partial charge in [0.2, 0.25) is 0 Å². The van der Waals surface area contributed by atoms with Crippen molar-refractivity contribution in [3.63, 3.8) is 0 Å². The zero-order valence-corrected chi connectivity index (χ0v) is 14.0. The van der Waals surface area contributed by atoms with E-state index in [1.807, 2.05) is 6.92 Å². The number of rotatable bonds is 2. The molecule has 0 amide bonds. The number of aryl methyl sites for hydroxylation is 1. The van der Waals surface area contributed by atoms with Crippen molar-refractivity contribution in [1.82, 2.24) is 9.29 Å². The molecule has 6 heteroatoms. The van der Waals surface area contributed by atoms with Gasteiger partial charge in [0, 0.05) is 30.6 Å². The van der Waals surface area contributed by atoms with Crippen LogP contribution in [0, 0.1) is 12.7 Å². The first-order chi connectivity index (χ1) is 11.5. The van der Waals surface area contributed by atoms with Crippen LogP contribution in [-0.2, 0) is 23.0 Å². The van der Waals surface area contributed by atoms with Crippen LogP contribution in [0.15, 0.2) is 47.4 Å². The van der Waals surface area contributed by atoms with Crippen LogP contribution in [-0.4, -0.2) is 18.9 Å². The molecule has 1 aliphatic heterocycles. The summed E-state index contributed by atoms with van der Waals surface area (Å²) >= 11 is 0. The van der Waals surface area contributed by atoms with Crippen LogP contribution in [0.3, 0.4) is 0 Å². The van der Waals surface area contributed by atoms with Gasteiger partial charge in [-0.1, -0.05) is 17.7 Å². The molecule has 0 radical (unpaired) electrons. The molecule has 24 heavy (non-hydrogen) atoms. The molecule has 3 aromatic rings. The quantitative estimate of drug-likeness (QED) is 0.778. The molecule has 0 bridgehead atoms. The number of nitrogens with one attached hydrogen (secondary N) is 1. The van der Waals surface area contributed by atoms with E-state index in [0.29, 0.717) is 30.4 Å². The van der Waals surface area contributed by atoms with Crippen molar-refractivity contribution in [2.45, 2.75) is 24.8 Å². The van der Waals surface area contributed by atoms with Crippen LogP contribution >= 0.6 is 0 Å². The van der Waals surface area contributed by atoms with Gasteiger partial charge in [0.05, 0.1) is 10.4 Å². The smallest absolute Gasteiger partial charge is 0.268 e. The van der Waals surface area contributed by atoms with E-state index < -0.39 is 10.0 Å². The van der Waals surface area contributed by atoms with Gasteiger partial charge in [0.1, 0.15) is 5.82 Å². The number of nitrogens with zero attached hydrogens (tertiary/aromatic N) is 1. The molecule has 2 aromatic carbocycles. The first-order valence-corrected chi connectivity index (χ1v) is 9.27. The Morgan fingerprint density at radius 1 is 1.12 bits per heavy atom. The minimum Gasteiger partial charge on any atom is -0.312 e. The summed E-state index contributed by atoms with van der Waals surface area (Å²) in [7, 11) is -3.73. The van der Waals surface area contributed by atoms with Gasteiger partial charge >= 0.3 is 0 Å². The minimum atomic E-state index is -3.73. The van der Waals surface area contributed by atoms with E-state index in [-0.39, 0.29) is 10.7 Å². The van der Waals surface area contributed by atoms with Gasteiger partial charge in [-0.05, 0) is 42.8 Å². The normalized spacial score (nSPS) is 14.8. The van der Waals surface area contributed by atoms with Crippen molar-refractivity contribution in [3.05, 3.63) is 65.1 Å². The molecule has 0 unspecified atom stereocenters. The molecule has 1 aromatic heterocycles. The number of fused-ring (bicyclic) bond motifs is 3. The average Bonchev–Trinajstić information content (AvgIpc) is 2.90. The fourth-order valence-electron chi connectivity index (χ4n) is 3.31. The Kier molecular flexibility index (Phi) is 3.47. The molecule has 2 heterocycles. The maximum Gasteiger partial charge on any atom is 0.268 e. The second-order valence-corrected chi connectivity index (χ2v) is 7.88. The highest BCUT2D eigenvalue weighted by atomic mass is 32.2. The van der Waals surface area contributed by atoms with Crippen molar-refractivity contribution >= 4 is 20.9 Å². The Morgan fingerprint density at radius 3 is 2.62 bits per heavy atom. The first kappa shape index (κ1) is 15.4. The third kappa shape index (κ3) is 2.25. The highest BCUT2D eigenvalue weighted by molar-refractivity contribution is 7.90. The van der Waals surface area contributed by atoms with E-state index >= 15 is 0 Å². The van der Waals surface area contributed by atoms with E-state index in [9.17, 15) is 12.8 Å². The third-order valence-corrected chi connectivity index (χ3v) is 6.26. The van der Waals surface area contributed by atoms with Gasteiger partial charge in [-0.15, -0.1) is 0 Å². The van der Waals surface area contributed by atoms with Crippen LogP contribution in [0.2, 0.25) is 0 Å². The number of hydrogen-bond donors (Lipinski definition) is 1. The van der Waals surface area contributed by atoms with Crippen LogP contribution in [0.25, 0.3) is 10.9 Å². The summed E-state index contributed by atoms with van der Waals surface area (Å²) in [6.45, 7) is 3.17. The van der Waals surface area contributed by atoms with E-state index in [1.54, 1.807) is 30.3 Å². The maximum absolute atomic E-state index is 13.7. The van der Waals surface area contributed by atoms with Crippen LogP contribution < -0.4 is 5.32 Å². The predicted octanol–water partition coefficient (Wildman–Crippen LogP) is 2.97. The molecule has 0 atom stereocenters. The fourth-order valence-corrected chi connectivity index (χ4v) is 4.91. The molecule has 0 fully saturated rings. The van der Waals surface area contributed by atoms with Gasteiger partial charge in [-0.3, -0.25) is 0 Å². The molecule has 124 valence electrons. The second-order valence-electron chi connectivity index (χ2n) is 6.10. The van der Waals surface area contributed by atoms with Crippen molar-refractivity contribution in [2.24, 2.45) is 0 Å². The number of aromatic nitrogens is 1. The molecule has 0 saturated heterocycles. The summed E-state index contributed by atoms with van der Waals surface area (Å²) < 4.78 is 41.5. The lowest BCUT2D eigenvalue weighted by molar-refractivity contribution is 0.580. The Balaban J connectivity index is 2.04. The summed E-state index contributed by atoms with van der Waals surface area (Å²) in [5.74, 6) is -0.360. The molecule has 0 aliphatic carbocycles. The van der Waals surface area contributed by atoms with E-state index in [4.69, 9.17) is 0 Å². The molecule has 0 spiro atoms. The first-order valence-electron chi connectivity index (χ1n) is 7.83. The monoisotopic (exact) mass is 344 g/mol. The Bertz CT molecular complexity index is 1040. The largest absolute Gasteiger partial charge is 0.312 e. The minimum absolute atomic E-state index is 0.246. The third-order valence-electron chi connectivity index (χ3n) is 4.50. The Hall–Kier alpha value is -2.18. The Morgan fingerprint density at radius 2 is 1.88 bits per heavy atom. The number of hydrogen-bond acceptors (Lipinski definition) is 3. The highest BCUT2D eigenvalue weighted by Crippen LogP contribution is 2.32. The van der Waals surface area contributed by atoms with E-state index in [1.165, 1.54) is 16.1 Å². The maximum atomic E-state index is 13.7. The molecular formula is C18H17FN2O2S. The average molecular weight is 344 g/mol. The zero-order valence-electron chi connectivity index (χ0n) is 13.2. The van der Waals surface area contributed by atoms with Gasteiger partial charge < -0.3 is 5.32 Å². The predicted molar refractivity (Wildman–Crippen MR) is 91.1 cm³/mol. The standard InChI is InChI=1S/C18H17FN2O2S/c1-12-2-5-14(6-3-12)24(22,23)21-17-7-4-13(19)10-15(17)16-11-20-9-8-18(16)21/h2-7,10,20H,8-9,11H2,1H3. The van der Waals surface area contributed by atoms with Gasteiger partial charge in [-0.2, -0.15) is 0 Å². The summed E-state index contributed by atoms with van der Waals surface area (Å²) in [4.78, 5) is 0.246. The summed E-state index contributed by atoms with van der Waals surface area (Å²) in [6.07, 6.45) is 0.594. The Labute approximate surface area is 140 Å². The van der Waals surface area contributed by atoms with Gasteiger partial charge in [0.15, 0.2) is 0 Å². The molecule has 0 saturated carbocycles. The second kappa shape index (κ2) is 5.43. The van der Waals surface area contributed by atoms with Crippen LogP contribution in [0.5, 0.6) is 0 Å². The van der Waals surface area contributed by atoms with E-state index in [0.717, 1.165) is 16.8 Å². The lowest BCUT2D eigenvalue weighted by Crippen LogP contribution is -2.26. The van der Waals surface area contributed by atoms with Crippen molar-refractivity contribution in [2.75, 3.05) is 6.54 Å². The van der Waals surface area contributed by atoms with Crippen molar-refractivity contribution in [3.8, 4) is 0 Å². The lowest BCUT2D eigenvalue weighted by Gasteiger charge is -2.17. The van der Waals surface area contributed by atoms with E-state index in [2.05, 4.69) is 5.32 Å². The number of benzene rings is 2. The lowest BCUT2D eigenvalue weighted by atomic mass is 10.1. The van der Waals surface area contributed by atoms with Gasteiger partial charge in [0.25, 0.3) is 10.0 Å². The van der Waals surface area contributed by atoms with Crippen molar-refractivity contribution < 1.29 is 12.8 Å². The van der Waals surface area contributed by atoms with Crippen molar-refractivity contribution in [1.29, 1.82) is 0 Å². The van der Waals surface area contributed by atoms with Crippen LogP contribution in [0.1, 0.15) is 16.8 Å². The molecule has 4 rings (SSSR count). The van der Waals surface area contributed by atoms with Gasteiger partial charge in [-0.25, -0.2) is 16.8 Å². The topological polar surface area (TPSA) is 51.1 Å². The SMILES string of the molecule is Cc1ccc(S(=O)(=O)n2c3c(c4cc(F)ccc42)CNCC3)cc1. The fraction of sp³-hybridized carbons (Fsp3) is 0.222. The summed E-state index contributed by atoms with van der Waals surface area (Å²) in [6, 6.07) is 11.1. The summed E-state index contributed by atoms with van der Waals surface area (Å²) in [5.41, 5.74) is 3.15.